The van der Waals surface area contributed by atoms with Crippen molar-refractivity contribution in [1.82, 2.24) is 16.0 Å². The standard InChI is InChI=1S/C18H33N3O2.ClH/c1-14(21-17(23)15-6-4-3-5-7-15)12-16(22)20-13-18(2)8-10-19-11-9-18;/h14-15,19H,3-13H2,1-2H3,(H,20,22)(H,21,23);1H. The molecule has 0 spiro atoms. The Labute approximate surface area is 152 Å². The lowest BCUT2D eigenvalue weighted by atomic mass is 9.81. The first kappa shape index (κ1) is 21.2. The number of carbonyl (C=O) groups excluding carboxylic acids is 2. The fraction of sp³-hybridized carbons (Fsp3) is 0.889. The van der Waals surface area contributed by atoms with Crippen LogP contribution in [-0.4, -0.2) is 37.5 Å². The Kier molecular flexibility index (Phi) is 9.06. The minimum Gasteiger partial charge on any atom is -0.355 e. The van der Waals surface area contributed by atoms with Gasteiger partial charge in [0, 0.05) is 24.9 Å². The zero-order valence-electron chi connectivity index (χ0n) is 15.2. The molecular formula is C18H34ClN3O2. The largest absolute Gasteiger partial charge is 0.355 e. The van der Waals surface area contributed by atoms with Gasteiger partial charge in [0.25, 0.3) is 0 Å². The van der Waals surface area contributed by atoms with E-state index in [2.05, 4.69) is 22.9 Å². The molecule has 0 aromatic rings. The molecule has 5 nitrogen and oxygen atoms in total. The highest BCUT2D eigenvalue weighted by Gasteiger charge is 2.27. The van der Waals surface area contributed by atoms with Crippen LogP contribution in [0.1, 0.15) is 65.2 Å². The summed E-state index contributed by atoms with van der Waals surface area (Å²) in [7, 11) is 0. The zero-order chi connectivity index (χ0) is 16.7. The van der Waals surface area contributed by atoms with E-state index in [9.17, 15) is 9.59 Å². The van der Waals surface area contributed by atoms with Crippen molar-refractivity contribution in [1.29, 1.82) is 0 Å². The molecule has 1 saturated heterocycles. The van der Waals surface area contributed by atoms with E-state index in [1.165, 1.54) is 6.42 Å². The van der Waals surface area contributed by atoms with E-state index in [-0.39, 0.29) is 41.6 Å². The molecule has 140 valence electrons. The van der Waals surface area contributed by atoms with Crippen LogP contribution in [0.2, 0.25) is 0 Å². The van der Waals surface area contributed by atoms with Gasteiger partial charge in [0.05, 0.1) is 0 Å². The first-order valence-corrected chi connectivity index (χ1v) is 9.26. The van der Waals surface area contributed by atoms with Gasteiger partial charge >= 0.3 is 0 Å². The predicted molar refractivity (Wildman–Crippen MR) is 99.3 cm³/mol. The molecule has 24 heavy (non-hydrogen) atoms. The zero-order valence-corrected chi connectivity index (χ0v) is 16.0. The van der Waals surface area contributed by atoms with Crippen LogP contribution >= 0.6 is 12.4 Å². The molecule has 0 bridgehead atoms. The van der Waals surface area contributed by atoms with E-state index < -0.39 is 0 Å². The molecule has 1 aliphatic carbocycles. The Balaban J connectivity index is 0.00000288. The highest BCUT2D eigenvalue weighted by molar-refractivity contribution is 5.85. The molecule has 3 N–H and O–H groups in total. The van der Waals surface area contributed by atoms with Gasteiger partial charge in [-0.05, 0) is 51.1 Å². The minimum absolute atomic E-state index is 0. The molecule has 2 amide bonds. The topological polar surface area (TPSA) is 70.2 Å². The number of piperidine rings is 1. The summed E-state index contributed by atoms with van der Waals surface area (Å²) in [6, 6.07) is -0.0924. The summed E-state index contributed by atoms with van der Waals surface area (Å²) < 4.78 is 0. The van der Waals surface area contributed by atoms with Crippen LogP contribution in [0.25, 0.3) is 0 Å². The van der Waals surface area contributed by atoms with Crippen LogP contribution in [0, 0.1) is 11.3 Å². The molecule has 2 rings (SSSR count). The van der Waals surface area contributed by atoms with Crippen LogP contribution in [0.5, 0.6) is 0 Å². The van der Waals surface area contributed by atoms with Crippen molar-refractivity contribution in [2.75, 3.05) is 19.6 Å². The summed E-state index contributed by atoms with van der Waals surface area (Å²) >= 11 is 0. The second-order valence-corrected chi connectivity index (χ2v) is 7.79. The van der Waals surface area contributed by atoms with Crippen LogP contribution in [0.15, 0.2) is 0 Å². The van der Waals surface area contributed by atoms with Crippen molar-refractivity contribution in [2.24, 2.45) is 11.3 Å². The quantitative estimate of drug-likeness (QED) is 0.682. The number of amides is 2. The molecule has 6 heteroatoms. The first-order chi connectivity index (χ1) is 11.0. The van der Waals surface area contributed by atoms with E-state index in [4.69, 9.17) is 0 Å². The second-order valence-electron chi connectivity index (χ2n) is 7.79. The number of halogens is 1. The molecule has 1 atom stereocenters. The average Bonchev–Trinajstić information content (AvgIpc) is 2.54. The van der Waals surface area contributed by atoms with E-state index in [1.54, 1.807) is 0 Å². The summed E-state index contributed by atoms with van der Waals surface area (Å²) in [6.45, 7) is 6.95. The van der Waals surface area contributed by atoms with Crippen molar-refractivity contribution in [3.8, 4) is 0 Å². The summed E-state index contributed by atoms with van der Waals surface area (Å²) in [5.74, 6) is 0.333. The van der Waals surface area contributed by atoms with Gasteiger partial charge in [-0.25, -0.2) is 0 Å². The number of hydrogen-bond donors (Lipinski definition) is 3. The van der Waals surface area contributed by atoms with E-state index in [0.717, 1.165) is 58.2 Å². The van der Waals surface area contributed by atoms with E-state index in [1.807, 2.05) is 6.92 Å². The molecule has 1 aliphatic heterocycles. The van der Waals surface area contributed by atoms with Gasteiger partial charge in [-0.3, -0.25) is 9.59 Å². The molecule has 1 unspecified atom stereocenters. The number of hydrogen-bond acceptors (Lipinski definition) is 3. The van der Waals surface area contributed by atoms with Crippen molar-refractivity contribution in [3.05, 3.63) is 0 Å². The molecule has 0 aromatic heterocycles. The summed E-state index contributed by atoms with van der Waals surface area (Å²) in [5.41, 5.74) is 0.204. The highest BCUT2D eigenvalue weighted by Crippen LogP contribution is 2.26. The maximum Gasteiger partial charge on any atom is 0.223 e. The monoisotopic (exact) mass is 359 g/mol. The summed E-state index contributed by atoms with van der Waals surface area (Å²) in [4.78, 5) is 24.3. The van der Waals surface area contributed by atoms with Gasteiger partial charge in [-0.2, -0.15) is 0 Å². The fourth-order valence-corrected chi connectivity index (χ4v) is 3.65. The Morgan fingerprint density at radius 3 is 2.42 bits per heavy atom. The Bertz CT molecular complexity index is 405. The maximum absolute atomic E-state index is 12.2. The van der Waals surface area contributed by atoms with Crippen molar-refractivity contribution in [3.63, 3.8) is 0 Å². The third-order valence-electron chi connectivity index (χ3n) is 5.38. The Morgan fingerprint density at radius 2 is 1.79 bits per heavy atom. The SMILES string of the molecule is CC(CC(=O)NCC1(C)CCNCC1)NC(=O)C1CCCCC1.Cl. The number of rotatable bonds is 6. The van der Waals surface area contributed by atoms with Crippen molar-refractivity contribution in [2.45, 2.75) is 71.3 Å². The average molecular weight is 360 g/mol. The lowest BCUT2D eigenvalue weighted by Crippen LogP contribution is -2.45. The molecule has 0 radical (unpaired) electrons. The molecular weight excluding hydrogens is 326 g/mol. The molecule has 2 aliphatic rings. The lowest BCUT2D eigenvalue weighted by molar-refractivity contribution is -0.127. The van der Waals surface area contributed by atoms with Crippen LogP contribution in [-0.2, 0) is 9.59 Å². The van der Waals surface area contributed by atoms with Gasteiger partial charge < -0.3 is 16.0 Å². The van der Waals surface area contributed by atoms with Gasteiger partial charge in [-0.1, -0.05) is 26.2 Å². The third-order valence-corrected chi connectivity index (χ3v) is 5.38. The Hall–Kier alpha value is -0.810. The highest BCUT2D eigenvalue weighted by atomic mass is 35.5. The van der Waals surface area contributed by atoms with Crippen molar-refractivity contribution >= 4 is 24.2 Å². The second kappa shape index (κ2) is 10.2. The predicted octanol–water partition coefficient (Wildman–Crippen LogP) is 2.39. The normalized spacial score (nSPS) is 22.1. The van der Waals surface area contributed by atoms with Crippen LogP contribution < -0.4 is 16.0 Å². The van der Waals surface area contributed by atoms with E-state index >= 15 is 0 Å². The molecule has 1 saturated carbocycles. The maximum atomic E-state index is 12.2. The molecule has 0 aromatic carbocycles. The lowest BCUT2D eigenvalue weighted by Gasteiger charge is -2.34. The smallest absolute Gasteiger partial charge is 0.223 e. The van der Waals surface area contributed by atoms with Crippen molar-refractivity contribution < 1.29 is 9.59 Å². The first-order valence-electron chi connectivity index (χ1n) is 9.26. The third kappa shape index (κ3) is 6.98. The molecule has 2 fully saturated rings. The van der Waals surface area contributed by atoms with Gasteiger partial charge in [0.1, 0.15) is 0 Å². The van der Waals surface area contributed by atoms with Gasteiger partial charge in [0.15, 0.2) is 0 Å². The number of nitrogens with one attached hydrogen (secondary N) is 3. The van der Waals surface area contributed by atoms with Crippen LogP contribution in [0.3, 0.4) is 0 Å². The van der Waals surface area contributed by atoms with Crippen LogP contribution in [0.4, 0.5) is 0 Å². The number of carbonyl (C=O) groups is 2. The molecule has 1 heterocycles. The van der Waals surface area contributed by atoms with Gasteiger partial charge in [-0.15, -0.1) is 12.4 Å². The van der Waals surface area contributed by atoms with Gasteiger partial charge in [0.2, 0.25) is 11.8 Å². The summed E-state index contributed by atoms with van der Waals surface area (Å²) in [5, 5.41) is 9.43. The van der Waals surface area contributed by atoms with E-state index in [0.29, 0.717) is 6.42 Å². The summed E-state index contributed by atoms with van der Waals surface area (Å²) in [6.07, 6.45) is 8.11. The fourth-order valence-electron chi connectivity index (χ4n) is 3.65. The minimum atomic E-state index is -0.0924. The Morgan fingerprint density at radius 1 is 1.17 bits per heavy atom.